The molecule has 2 rings (SSSR count). The second-order valence-electron chi connectivity index (χ2n) is 6.22. The number of carbonyl (C=O) groups is 2. The summed E-state index contributed by atoms with van der Waals surface area (Å²) in [6.07, 6.45) is 2.10. The van der Waals surface area contributed by atoms with E-state index in [-0.39, 0.29) is 12.3 Å². The second kappa shape index (κ2) is 10.1. The number of anilines is 1. The molecule has 0 aliphatic rings. The minimum atomic E-state index is -0.486. The van der Waals surface area contributed by atoms with Crippen LogP contribution in [-0.2, 0) is 9.59 Å². The van der Waals surface area contributed by atoms with Gasteiger partial charge in [0.15, 0.2) is 0 Å². The van der Waals surface area contributed by atoms with E-state index >= 15 is 0 Å². The zero-order valence-electron chi connectivity index (χ0n) is 15.9. The highest BCUT2D eigenvalue weighted by atomic mass is 16.5. The molecule has 0 aliphatic carbocycles. The van der Waals surface area contributed by atoms with Gasteiger partial charge in [-0.1, -0.05) is 36.8 Å². The first kappa shape index (κ1) is 20.2. The van der Waals surface area contributed by atoms with Crippen LogP contribution >= 0.6 is 0 Å². The first-order valence-electron chi connectivity index (χ1n) is 8.90. The number of nitrogens with zero attached hydrogens (tertiary/aromatic N) is 1. The molecule has 0 saturated heterocycles. The topological polar surface area (TPSA) is 79.8 Å². The summed E-state index contributed by atoms with van der Waals surface area (Å²) < 4.78 is 5.63. The maximum atomic E-state index is 12.0. The molecule has 2 aromatic carbocycles. The van der Waals surface area contributed by atoms with Gasteiger partial charge in [0.25, 0.3) is 0 Å². The predicted octanol–water partition coefficient (Wildman–Crippen LogP) is 3.57. The summed E-state index contributed by atoms with van der Waals surface area (Å²) in [6, 6.07) is 13.1. The Morgan fingerprint density at radius 3 is 2.63 bits per heavy atom. The molecular weight excluding hydrogens is 342 g/mol. The lowest BCUT2D eigenvalue weighted by atomic mass is 10.1. The van der Waals surface area contributed by atoms with Crippen molar-refractivity contribution in [1.29, 1.82) is 0 Å². The number of hydrogen-bond donors (Lipinski definition) is 2. The monoisotopic (exact) mass is 367 g/mol. The van der Waals surface area contributed by atoms with Crippen LogP contribution in [0.1, 0.15) is 36.5 Å². The van der Waals surface area contributed by atoms with Crippen LogP contribution in [0.2, 0.25) is 0 Å². The third-order valence-corrected chi connectivity index (χ3v) is 3.75. The van der Waals surface area contributed by atoms with Crippen molar-refractivity contribution in [3.63, 3.8) is 0 Å². The smallest absolute Gasteiger partial charge is 0.249 e. The highest BCUT2D eigenvalue weighted by Gasteiger charge is 2.10. The quantitative estimate of drug-likeness (QED) is 0.425. The number of hydrogen-bond acceptors (Lipinski definition) is 4. The zero-order valence-corrected chi connectivity index (χ0v) is 15.9. The molecular formula is C21H25N3O3. The minimum absolute atomic E-state index is 0.307. The Kier molecular flexibility index (Phi) is 7.55. The number of nitrogens with one attached hydrogen (secondary N) is 2. The average molecular weight is 367 g/mol. The van der Waals surface area contributed by atoms with E-state index in [2.05, 4.69) is 15.8 Å². The van der Waals surface area contributed by atoms with Crippen molar-refractivity contribution in [3.8, 4) is 5.75 Å². The maximum absolute atomic E-state index is 12.0. The van der Waals surface area contributed by atoms with E-state index in [9.17, 15) is 9.59 Å². The lowest BCUT2D eigenvalue weighted by Gasteiger charge is -2.09. The van der Waals surface area contributed by atoms with Crippen molar-refractivity contribution in [1.82, 2.24) is 5.43 Å². The highest BCUT2D eigenvalue weighted by molar-refractivity contribution is 6.04. The average Bonchev–Trinajstić information content (AvgIpc) is 2.63. The van der Waals surface area contributed by atoms with E-state index in [0.717, 1.165) is 23.1 Å². The summed E-state index contributed by atoms with van der Waals surface area (Å²) in [5.74, 6) is -0.174. The first-order valence-corrected chi connectivity index (χ1v) is 8.90. The van der Waals surface area contributed by atoms with E-state index < -0.39 is 5.91 Å². The van der Waals surface area contributed by atoms with Crippen LogP contribution in [0.15, 0.2) is 47.6 Å². The van der Waals surface area contributed by atoms with Gasteiger partial charge in [-0.05, 0) is 44.0 Å². The van der Waals surface area contributed by atoms with Gasteiger partial charge in [-0.2, -0.15) is 5.10 Å². The van der Waals surface area contributed by atoms with E-state index in [1.165, 1.54) is 6.21 Å². The van der Waals surface area contributed by atoms with Gasteiger partial charge in [0.05, 0.1) is 12.8 Å². The normalized spacial score (nSPS) is 10.6. The van der Waals surface area contributed by atoms with Crippen molar-refractivity contribution in [2.45, 2.75) is 33.6 Å². The summed E-state index contributed by atoms with van der Waals surface area (Å²) in [7, 11) is 0. The van der Waals surface area contributed by atoms with Gasteiger partial charge in [-0.15, -0.1) is 0 Å². The summed E-state index contributed by atoms with van der Waals surface area (Å²) in [5, 5.41) is 6.65. The molecule has 2 N–H and O–H groups in total. The first-order chi connectivity index (χ1) is 13.0. The fraction of sp³-hybridized carbons (Fsp3) is 0.286. The summed E-state index contributed by atoms with van der Waals surface area (Å²) in [4.78, 5) is 23.9. The molecule has 6 nitrogen and oxygen atoms in total. The number of aryl methyl sites for hydroxylation is 2. The largest absolute Gasteiger partial charge is 0.493 e. The molecule has 0 atom stereocenters. The molecule has 0 unspecified atom stereocenters. The molecule has 0 saturated carbocycles. The Morgan fingerprint density at radius 1 is 1.11 bits per heavy atom. The Hall–Kier alpha value is -3.15. The number of rotatable bonds is 8. The Labute approximate surface area is 159 Å². The summed E-state index contributed by atoms with van der Waals surface area (Å²) in [6.45, 7) is 6.52. The van der Waals surface area contributed by atoms with Crippen molar-refractivity contribution in [3.05, 3.63) is 59.2 Å². The number of amides is 2. The van der Waals surface area contributed by atoms with Crippen LogP contribution < -0.4 is 15.5 Å². The van der Waals surface area contributed by atoms with Crippen LogP contribution in [0.3, 0.4) is 0 Å². The van der Waals surface area contributed by atoms with Gasteiger partial charge in [0, 0.05) is 11.3 Å². The molecule has 142 valence electrons. The minimum Gasteiger partial charge on any atom is -0.493 e. The lowest BCUT2D eigenvalue weighted by Crippen LogP contribution is -2.24. The Balaban J connectivity index is 1.87. The standard InChI is InChI=1S/C21H25N3O3/c1-4-11-27-19-8-6-5-7-17(19)14-22-24-21(26)13-20(25)23-18-10-9-15(2)12-16(18)3/h5-10,12,14H,4,11,13H2,1-3H3,(H,23,25)(H,24,26). The molecule has 27 heavy (non-hydrogen) atoms. The van der Waals surface area contributed by atoms with E-state index in [1.807, 2.05) is 63.2 Å². The molecule has 0 aromatic heterocycles. The molecule has 0 aliphatic heterocycles. The fourth-order valence-corrected chi connectivity index (χ4v) is 2.44. The number of benzene rings is 2. The lowest BCUT2D eigenvalue weighted by molar-refractivity contribution is -0.126. The molecule has 0 fully saturated rings. The number of para-hydroxylation sites is 1. The Bertz CT molecular complexity index is 831. The van der Waals surface area contributed by atoms with Crippen molar-refractivity contribution in [2.75, 3.05) is 11.9 Å². The van der Waals surface area contributed by atoms with E-state index in [0.29, 0.717) is 18.0 Å². The molecule has 0 bridgehead atoms. The van der Waals surface area contributed by atoms with Gasteiger partial charge in [0.2, 0.25) is 11.8 Å². The molecule has 2 amide bonds. The van der Waals surface area contributed by atoms with Gasteiger partial charge >= 0.3 is 0 Å². The van der Waals surface area contributed by atoms with Crippen LogP contribution in [0.4, 0.5) is 5.69 Å². The second-order valence-corrected chi connectivity index (χ2v) is 6.22. The molecule has 0 spiro atoms. The predicted molar refractivity (Wildman–Crippen MR) is 107 cm³/mol. The third-order valence-electron chi connectivity index (χ3n) is 3.75. The number of carbonyl (C=O) groups excluding carboxylic acids is 2. The van der Waals surface area contributed by atoms with Crippen LogP contribution in [0.25, 0.3) is 0 Å². The van der Waals surface area contributed by atoms with Crippen LogP contribution in [0.5, 0.6) is 5.75 Å². The maximum Gasteiger partial charge on any atom is 0.249 e. The van der Waals surface area contributed by atoms with Crippen LogP contribution in [-0.4, -0.2) is 24.6 Å². The molecule has 6 heteroatoms. The van der Waals surface area contributed by atoms with Crippen molar-refractivity contribution in [2.24, 2.45) is 5.10 Å². The zero-order chi connectivity index (χ0) is 19.6. The van der Waals surface area contributed by atoms with Crippen molar-refractivity contribution < 1.29 is 14.3 Å². The van der Waals surface area contributed by atoms with E-state index in [1.54, 1.807) is 0 Å². The number of ether oxygens (including phenoxy) is 1. The fourth-order valence-electron chi connectivity index (χ4n) is 2.44. The molecule has 0 heterocycles. The molecule has 0 radical (unpaired) electrons. The SMILES string of the molecule is CCCOc1ccccc1C=NNC(=O)CC(=O)Nc1ccc(C)cc1C. The van der Waals surface area contributed by atoms with Crippen molar-refractivity contribution >= 4 is 23.7 Å². The third kappa shape index (κ3) is 6.58. The highest BCUT2D eigenvalue weighted by Crippen LogP contribution is 2.17. The van der Waals surface area contributed by atoms with Crippen LogP contribution in [0, 0.1) is 13.8 Å². The van der Waals surface area contributed by atoms with Gasteiger partial charge in [0.1, 0.15) is 12.2 Å². The summed E-state index contributed by atoms with van der Waals surface area (Å²) in [5.41, 5.74) is 5.88. The Morgan fingerprint density at radius 2 is 1.89 bits per heavy atom. The van der Waals surface area contributed by atoms with Gasteiger partial charge in [-0.25, -0.2) is 5.43 Å². The van der Waals surface area contributed by atoms with Gasteiger partial charge in [-0.3, -0.25) is 9.59 Å². The number of hydrazone groups is 1. The van der Waals surface area contributed by atoms with E-state index in [4.69, 9.17) is 4.74 Å². The summed E-state index contributed by atoms with van der Waals surface area (Å²) >= 11 is 0. The van der Waals surface area contributed by atoms with Gasteiger partial charge < -0.3 is 10.1 Å². The molecule has 2 aromatic rings.